The van der Waals surface area contributed by atoms with Gasteiger partial charge in [-0.1, -0.05) is 31.0 Å². The largest absolute Gasteiger partial charge is 0.353 e. The van der Waals surface area contributed by atoms with E-state index < -0.39 is 0 Å². The second-order valence-electron chi connectivity index (χ2n) is 8.90. The zero-order valence-corrected chi connectivity index (χ0v) is 19.1. The number of aryl methyl sites for hydroxylation is 5. The normalized spacial score (nSPS) is 16.5. The van der Waals surface area contributed by atoms with Gasteiger partial charge in [-0.25, -0.2) is 4.98 Å². The summed E-state index contributed by atoms with van der Waals surface area (Å²) in [5, 5.41) is 5.05. The van der Waals surface area contributed by atoms with E-state index in [1.807, 2.05) is 0 Å². The molecule has 0 saturated heterocycles. The number of anilines is 1. The molecular formula is C25H34N4. The van der Waals surface area contributed by atoms with E-state index >= 15 is 0 Å². The summed E-state index contributed by atoms with van der Waals surface area (Å²) in [4.78, 5) is 7.68. The van der Waals surface area contributed by atoms with E-state index in [0.717, 1.165) is 30.0 Å². The lowest BCUT2D eigenvalue weighted by atomic mass is 9.93. The highest BCUT2D eigenvalue weighted by atomic mass is 15.4. The van der Waals surface area contributed by atoms with Crippen LogP contribution in [0.5, 0.6) is 0 Å². The van der Waals surface area contributed by atoms with Gasteiger partial charge in [-0.2, -0.15) is 9.61 Å². The Labute approximate surface area is 175 Å². The highest BCUT2D eigenvalue weighted by Crippen LogP contribution is 2.38. The van der Waals surface area contributed by atoms with Gasteiger partial charge >= 0.3 is 0 Å². The minimum absolute atomic E-state index is 0.537. The predicted molar refractivity (Wildman–Crippen MR) is 122 cm³/mol. The second kappa shape index (κ2) is 7.47. The van der Waals surface area contributed by atoms with Crippen LogP contribution >= 0.6 is 0 Å². The summed E-state index contributed by atoms with van der Waals surface area (Å²) in [5.41, 5.74) is 11.0. The van der Waals surface area contributed by atoms with Crippen molar-refractivity contribution in [2.24, 2.45) is 0 Å². The van der Waals surface area contributed by atoms with E-state index in [1.165, 1.54) is 58.5 Å². The Kier molecular flexibility index (Phi) is 5.14. The van der Waals surface area contributed by atoms with Crippen LogP contribution in [0.4, 0.5) is 5.82 Å². The maximum absolute atomic E-state index is 5.10. The summed E-state index contributed by atoms with van der Waals surface area (Å²) in [6.07, 6.45) is 4.69. The molecule has 1 aliphatic rings. The zero-order valence-electron chi connectivity index (χ0n) is 19.1. The first-order valence-corrected chi connectivity index (χ1v) is 11.1. The van der Waals surface area contributed by atoms with E-state index in [2.05, 4.69) is 70.0 Å². The van der Waals surface area contributed by atoms with Crippen molar-refractivity contribution in [1.82, 2.24) is 14.6 Å². The predicted octanol–water partition coefficient (Wildman–Crippen LogP) is 5.88. The Morgan fingerprint density at radius 1 is 1.00 bits per heavy atom. The Balaban J connectivity index is 2.01. The molecule has 0 spiro atoms. The van der Waals surface area contributed by atoms with Gasteiger partial charge in [0.1, 0.15) is 5.82 Å². The van der Waals surface area contributed by atoms with Crippen LogP contribution in [0, 0.1) is 34.6 Å². The number of hydrogen-bond acceptors (Lipinski definition) is 3. The molecule has 4 nitrogen and oxygen atoms in total. The van der Waals surface area contributed by atoms with Gasteiger partial charge < -0.3 is 4.90 Å². The van der Waals surface area contributed by atoms with Crippen molar-refractivity contribution in [3.63, 3.8) is 0 Å². The monoisotopic (exact) mass is 390 g/mol. The average Bonchev–Trinajstić information content (AvgIpc) is 2.96. The number of benzene rings is 1. The Bertz CT molecular complexity index is 1050. The molecule has 0 fully saturated rings. The molecule has 0 aliphatic carbocycles. The fraction of sp³-hybridized carbons (Fsp3) is 0.520. The van der Waals surface area contributed by atoms with E-state index in [1.54, 1.807) is 0 Å². The van der Waals surface area contributed by atoms with Crippen LogP contribution in [0.3, 0.4) is 0 Å². The van der Waals surface area contributed by atoms with Crippen LogP contribution < -0.4 is 4.90 Å². The fourth-order valence-electron chi connectivity index (χ4n) is 5.11. The molecule has 4 rings (SSSR count). The van der Waals surface area contributed by atoms with Gasteiger partial charge in [0.25, 0.3) is 0 Å². The van der Waals surface area contributed by atoms with Crippen LogP contribution in [-0.4, -0.2) is 27.2 Å². The first kappa shape index (κ1) is 19.9. The van der Waals surface area contributed by atoms with Crippen molar-refractivity contribution in [2.45, 2.75) is 80.2 Å². The molecule has 1 aliphatic heterocycles. The molecule has 0 saturated carbocycles. The molecule has 154 valence electrons. The molecule has 0 amide bonds. The zero-order chi connectivity index (χ0) is 20.9. The summed E-state index contributed by atoms with van der Waals surface area (Å²) in [7, 11) is 0. The first-order chi connectivity index (χ1) is 13.8. The van der Waals surface area contributed by atoms with Gasteiger partial charge in [0.15, 0.2) is 5.65 Å². The van der Waals surface area contributed by atoms with Gasteiger partial charge in [-0.3, -0.25) is 0 Å². The van der Waals surface area contributed by atoms with Crippen LogP contribution in [0.15, 0.2) is 12.1 Å². The molecule has 0 radical (unpaired) electrons. The maximum atomic E-state index is 5.10. The minimum Gasteiger partial charge on any atom is -0.353 e. The van der Waals surface area contributed by atoms with Crippen LogP contribution in [-0.2, 0) is 6.42 Å². The molecule has 2 aromatic heterocycles. The Morgan fingerprint density at radius 2 is 1.69 bits per heavy atom. The SMILES string of the molecule is CCCCN1c2c(c(C)nc3c(-c4c(C)cc(C)cc4C)c(C)nn23)CCC1C. The molecule has 0 N–H and O–H groups in total. The third-order valence-corrected chi connectivity index (χ3v) is 6.51. The summed E-state index contributed by atoms with van der Waals surface area (Å²) in [5.74, 6) is 1.27. The molecule has 1 atom stereocenters. The highest BCUT2D eigenvalue weighted by molar-refractivity contribution is 5.85. The average molecular weight is 391 g/mol. The van der Waals surface area contributed by atoms with Crippen LogP contribution in [0.25, 0.3) is 16.8 Å². The summed E-state index contributed by atoms with van der Waals surface area (Å²) in [6, 6.07) is 5.08. The Hall–Kier alpha value is -2.36. The summed E-state index contributed by atoms with van der Waals surface area (Å²) in [6.45, 7) is 16.6. The molecule has 1 unspecified atom stereocenters. The lowest BCUT2D eigenvalue weighted by Gasteiger charge is -2.37. The van der Waals surface area contributed by atoms with Gasteiger partial charge in [0, 0.05) is 23.8 Å². The van der Waals surface area contributed by atoms with E-state index in [0.29, 0.717) is 6.04 Å². The maximum Gasteiger partial charge on any atom is 0.165 e. The van der Waals surface area contributed by atoms with Crippen LogP contribution in [0.1, 0.15) is 66.8 Å². The van der Waals surface area contributed by atoms with Gasteiger partial charge in [0.05, 0.1) is 11.3 Å². The number of fused-ring (bicyclic) bond motifs is 3. The first-order valence-electron chi connectivity index (χ1n) is 11.1. The van der Waals surface area contributed by atoms with E-state index in [4.69, 9.17) is 10.1 Å². The molecule has 0 bridgehead atoms. The third-order valence-electron chi connectivity index (χ3n) is 6.51. The topological polar surface area (TPSA) is 33.4 Å². The Morgan fingerprint density at radius 3 is 2.34 bits per heavy atom. The third kappa shape index (κ3) is 3.23. The van der Waals surface area contributed by atoms with Crippen molar-refractivity contribution in [3.8, 4) is 11.1 Å². The minimum atomic E-state index is 0.537. The molecule has 29 heavy (non-hydrogen) atoms. The van der Waals surface area contributed by atoms with E-state index in [9.17, 15) is 0 Å². The van der Waals surface area contributed by atoms with Gasteiger partial charge in [-0.05, 0) is 77.5 Å². The number of rotatable bonds is 4. The molecular weight excluding hydrogens is 356 g/mol. The quantitative estimate of drug-likeness (QED) is 0.558. The van der Waals surface area contributed by atoms with Gasteiger partial charge in [0.2, 0.25) is 0 Å². The lowest BCUT2D eigenvalue weighted by molar-refractivity contribution is 0.531. The van der Waals surface area contributed by atoms with Crippen molar-refractivity contribution >= 4 is 11.5 Å². The van der Waals surface area contributed by atoms with Crippen molar-refractivity contribution in [3.05, 3.63) is 45.8 Å². The summed E-state index contributed by atoms with van der Waals surface area (Å²) < 4.78 is 2.15. The smallest absolute Gasteiger partial charge is 0.165 e. The van der Waals surface area contributed by atoms with Crippen molar-refractivity contribution in [1.29, 1.82) is 0 Å². The van der Waals surface area contributed by atoms with Crippen LogP contribution in [0.2, 0.25) is 0 Å². The number of unbranched alkanes of at least 4 members (excludes halogenated alkanes) is 1. The molecule has 3 heterocycles. The molecule has 3 aromatic rings. The fourth-order valence-corrected chi connectivity index (χ4v) is 5.11. The number of nitrogens with zero attached hydrogens (tertiary/aromatic N) is 4. The van der Waals surface area contributed by atoms with Crippen molar-refractivity contribution < 1.29 is 0 Å². The lowest BCUT2D eigenvalue weighted by Crippen LogP contribution is -2.40. The molecule has 1 aromatic carbocycles. The standard InChI is InChI=1S/C25H34N4/c1-8-9-12-28-18(5)10-11-21-19(6)26-24-23(20(7)27-29(24)25(21)28)22-16(3)13-15(2)14-17(22)4/h13-14,18H,8-12H2,1-7H3. The second-order valence-corrected chi connectivity index (χ2v) is 8.90. The highest BCUT2D eigenvalue weighted by Gasteiger charge is 2.30. The molecule has 4 heteroatoms. The number of hydrogen-bond donors (Lipinski definition) is 0. The van der Waals surface area contributed by atoms with Crippen molar-refractivity contribution in [2.75, 3.05) is 11.4 Å². The summed E-state index contributed by atoms with van der Waals surface area (Å²) >= 11 is 0. The number of aromatic nitrogens is 3. The van der Waals surface area contributed by atoms with Gasteiger partial charge in [-0.15, -0.1) is 0 Å². The van der Waals surface area contributed by atoms with E-state index in [-0.39, 0.29) is 0 Å².